The summed E-state index contributed by atoms with van der Waals surface area (Å²) in [4.78, 5) is 16.6. The fourth-order valence-corrected chi connectivity index (χ4v) is 2.21. The van der Waals surface area contributed by atoms with Crippen LogP contribution in [0.15, 0.2) is 65.7 Å². The summed E-state index contributed by atoms with van der Waals surface area (Å²) in [6, 6.07) is 18.6. The summed E-state index contributed by atoms with van der Waals surface area (Å²) in [6.45, 7) is 2.51. The van der Waals surface area contributed by atoms with E-state index in [-0.39, 0.29) is 12.6 Å². The second-order valence-electron chi connectivity index (χ2n) is 5.51. The van der Waals surface area contributed by atoms with Crippen molar-refractivity contribution in [1.82, 2.24) is 0 Å². The van der Waals surface area contributed by atoms with Gasteiger partial charge in [0, 0.05) is 5.56 Å². The van der Waals surface area contributed by atoms with Crippen LogP contribution in [0.5, 0.6) is 0 Å². The minimum absolute atomic E-state index is 0.192. The number of nitrogens with zero attached hydrogens (tertiary/aromatic N) is 1. The van der Waals surface area contributed by atoms with E-state index < -0.39 is 5.54 Å². The van der Waals surface area contributed by atoms with E-state index in [4.69, 9.17) is 9.47 Å². The smallest absolute Gasteiger partial charge is 0.338 e. The lowest BCUT2D eigenvalue weighted by Crippen LogP contribution is -2.31. The molecule has 0 bridgehead atoms. The van der Waals surface area contributed by atoms with Gasteiger partial charge in [0.15, 0.2) is 0 Å². The highest BCUT2D eigenvalue weighted by Gasteiger charge is 2.33. The molecule has 0 saturated carbocycles. The second kappa shape index (κ2) is 6.02. The van der Waals surface area contributed by atoms with Gasteiger partial charge in [0.25, 0.3) is 0 Å². The first-order valence-corrected chi connectivity index (χ1v) is 7.17. The molecule has 0 saturated heterocycles. The fraction of sp³-hybridized carbons (Fsp3) is 0.222. The van der Waals surface area contributed by atoms with Crippen molar-refractivity contribution >= 4 is 11.9 Å². The summed E-state index contributed by atoms with van der Waals surface area (Å²) in [7, 11) is 0. The van der Waals surface area contributed by atoms with E-state index in [0.29, 0.717) is 18.1 Å². The molecule has 0 radical (unpaired) electrons. The van der Waals surface area contributed by atoms with Crippen molar-refractivity contribution in [1.29, 1.82) is 0 Å². The van der Waals surface area contributed by atoms with Crippen molar-refractivity contribution in [3.05, 3.63) is 71.8 Å². The minimum atomic E-state index is -0.546. The highest BCUT2D eigenvalue weighted by atomic mass is 16.5. The zero-order valence-corrected chi connectivity index (χ0v) is 12.4. The maximum Gasteiger partial charge on any atom is 0.338 e. The van der Waals surface area contributed by atoms with E-state index in [1.165, 1.54) is 0 Å². The predicted octanol–water partition coefficient (Wildman–Crippen LogP) is 3.08. The van der Waals surface area contributed by atoms with E-state index in [9.17, 15) is 4.79 Å². The fourth-order valence-electron chi connectivity index (χ4n) is 2.21. The average molecular weight is 295 g/mol. The summed E-state index contributed by atoms with van der Waals surface area (Å²) < 4.78 is 11.0. The van der Waals surface area contributed by atoms with E-state index in [2.05, 4.69) is 4.99 Å². The number of ether oxygens (including phenoxy) is 2. The Bertz CT molecular complexity index is 682. The molecule has 4 nitrogen and oxygen atoms in total. The maximum absolute atomic E-state index is 12.0. The minimum Gasteiger partial charge on any atom is -0.475 e. The third kappa shape index (κ3) is 3.17. The first-order chi connectivity index (χ1) is 10.7. The maximum atomic E-state index is 12.0. The quantitative estimate of drug-likeness (QED) is 0.814. The molecule has 3 rings (SSSR count). The van der Waals surface area contributed by atoms with Crippen molar-refractivity contribution in [3.63, 3.8) is 0 Å². The Morgan fingerprint density at radius 3 is 2.45 bits per heavy atom. The van der Waals surface area contributed by atoms with Crippen molar-refractivity contribution in [2.45, 2.75) is 12.5 Å². The lowest BCUT2D eigenvalue weighted by molar-refractivity contribution is 0.0399. The average Bonchev–Trinajstić information content (AvgIpc) is 2.97. The van der Waals surface area contributed by atoms with Gasteiger partial charge in [0.2, 0.25) is 5.90 Å². The third-order valence-corrected chi connectivity index (χ3v) is 3.44. The molecule has 0 aliphatic carbocycles. The largest absolute Gasteiger partial charge is 0.475 e. The number of hydrogen-bond donors (Lipinski definition) is 0. The molecule has 0 fully saturated rings. The van der Waals surface area contributed by atoms with Crippen molar-refractivity contribution in [3.8, 4) is 0 Å². The Balaban J connectivity index is 1.66. The number of carbonyl (C=O) groups is 1. The second-order valence-corrected chi connectivity index (χ2v) is 5.51. The third-order valence-electron chi connectivity index (χ3n) is 3.44. The molecule has 2 aromatic rings. The van der Waals surface area contributed by atoms with Crippen LogP contribution in [-0.2, 0) is 9.47 Å². The number of rotatable bonds is 4. The van der Waals surface area contributed by atoms with Crippen LogP contribution in [0.2, 0.25) is 0 Å². The number of carbonyl (C=O) groups excluding carboxylic acids is 1. The van der Waals surface area contributed by atoms with Crippen LogP contribution >= 0.6 is 0 Å². The summed E-state index contributed by atoms with van der Waals surface area (Å²) in [6.07, 6.45) is 0. The predicted molar refractivity (Wildman–Crippen MR) is 84.1 cm³/mol. The molecule has 112 valence electrons. The number of esters is 1. The van der Waals surface area contributed by atoms with Crippen molar-refractivity contribution in [2.75, 3.05) is 13.2 Å². The van der Waals surface area contributed by atoms with Crippen LogP contribution in [0, 0.1) is 0 Å². The first-order valence-electron chi connectivity index (χ1n) is 7.17. The van der Waals surface area contributed by atoms with Gasteiger partial charge >= 0.3 is 5.97 Å². The molecule has 4 heteroatoms. The van der Waals surface area contributed by atoms with Crippen LogP contribution in [0.1, 0.15) is 22.8 Å². The molecule has 0 aromatic heterocycles. The Hall–Kier alpha value is -2.62. The van der Waals surface area contributed by atoms with E-state index >= 15 is 0 Å². The summed E-state index contributed by atoms with van der Waals surface area (Å²) >= 11 is 0. The summed E-state index contributed by atoms with van der Waals surface area (Å²) in [5.74, 6) is 0.254. The molecule has 0 spiro atoms. The van der Waals surface area contributed by atoms with Gasteiger partial charge in [-0.15, -0.1) is 0 Å². The Labute approximate surface area is 129 Å². The van der Waals surface area contributed by atoms with Gasteiger partial charge in [0.05, 0.1) is 5.56 Å². The topological polar surface area (TPSA) is 47.9 Å². The van der Waals surface area contributed by atoms with Crippen LogP contribution < -0.4 is 0 Å². The molecule has 2 aromatic carbocycles. The Kier molecular flexibility index (Phi) is 3.92. The van der Waals surface area contributed by atoms with Gasteiger partial charge in [-0.2, -0.15) is 0 Å². The lowest BCUT2D eigenvalue weighted by atomic mass is 10.1. The van der Waals surface area contributed by atoms with E-state index in [1.54, 1.807) is 12.1 Å². The zero-order valence-electron chi connectivity index (χ0n) is 12.4. The van der Waals surface area contributed by atoms with Crippen LogP contribution in [-0.4, -0.2) is 30.6 Å². The lowest BCUT2D eigenvalue weighted by Gasteiger charge is -2.17. The molecular formula is C18H17NO3. The number of hydrogen-bond acceptors (Lipinski definition) is 4. The molecule has 22 heavy (non-hydrogen) atoms. The van der Waals surface area contributed by atoms with Gasteiger partial charge in [-0.1, -0.05) is 36.4 Å². The number of aliphatic imine (C=N–C) groups is 1. The van der Waals surface area contributed by atoms with E-state index in [1.807, 2.05) is 55.5 Å². The Morgan fingerprint density at radius 1 is 1.14 bits per heavy atom. The van der Waals surface area contributed by atoms with Gasteiger partial charge in [-0.25, -0.2) is 9.79 Å². The Morgan fingerprint density at radius 2 is 1.77 bits per heavy atom. The van der Waals surface area contributed by atoms with Crippen molar-refractivity contribution in [2.24, 2.45) is 4.99 Å². The monoisotopic (exact) mass is 295 g/mol. The highest BCUT2D eigenvalue weighted by Crippen LogP contribution is 2.22. The van der Waals surface area contributed by atoms with Crippen LogP contribution in [0.25, 0.3) is 0 Å². The molecule has 1 unspecified atom stereocenters. The molecule has 1 heterocycles. The first kappa shape index (κ1) is 14.3. The van der Waals surface area contributed by atoms with Crippen molar-refractivity contribution < 1.29 is 14.3 Å². The summed E-state index contributed by atoms with van der Waals surface area (Å²) in [5.41, 5.74) is 0.924. The molecule has 1 atom stereocenters. The molecular weight excluding hydrogens is 278 g/mol. The van der Waals surface area contributed by atoms with Crippen LogP contribution in [0.3, 0.4) is 0 Å². The van der Waals surface area contributed by atoms with Crippen LogP contribution in [0.4, 0.5) is 0 Å². The SMILES string of the molecule is CC1(COC(=O)c2ccccc2)COC(c2ccccc2)=N1. The highest BCUT2D eigenvalue weighted by molar-refractivity contribution is 5.95. The molecule has 1 aliphatic rings. The molecule has 0 N–H and O–H groups in total. The molecule has 0 amide bonds. The van der Waals surface area contributed by atoms with E-state index in [0.717, 1.165) is 5.56 Å². The summed E-state index contributed by atoms with van der Waals surface area (Å²) in [5, 5.41) is 0. The normalized spacial score (nSPS) is 20.1. The van der Waals surface area contributed by atoms with Gasteiger partial charge in [0.1, 0.15) is 18.8 Å². The van der Waals surface area contributed by atoms with Gasteiger partial charge < -0.3 is 9.47 Å². The standard InChI is InChI=1S/C18H17NO3/c1-18(13-22-17(20)15-10-6-3-7-11-15)12-21-16(19-18)14-8-4-2-5-9-14/h2-11H,12-13H2,1H3. The van der Waals surface area contributed by atoms with Gasteiger partial charge in [-0.3, -0.25) is 0 Å². The molecule has 1 aliphatic heterocycles. The van der Waals surface area contributed by atoms with Gasteiger partial charge in [-0.05, 0) is 31.2 Å². The number of benzene rings is 2. The zero-order chi connectivity index (χ0) is 15.4.